The fraction of sp³-hybridized carbons (Fsp3) is 0.318. The van der Waals surface area contributed by atoms with Crippen molar-refractivity contribution in [2.45, 2.75) is 43.7 Å². The molecule has 0 radical (unpaired) electrons. The number of rotatable bonds is 10. The average molecular weight is 402 g/mol. The molecule has 140 valence electrons. The average Bonchev–Trinajstić information content (AvgIpc) is 2.70. The Hall–Kier alpha value is -1.40. The molecular formula is C22H23N2NaO2S. The van der Waals surface area contributed by atoms with Crippen LogP contribution in [0.5, 0.6) is 0 Å². The molecule has 0 unspecified atom stereocenters. The second-order valence-electron chi connectivity index (χ2n) is 6.48. The molecule has 0 fully saturated rings. The van der Waals surface area contributed by atoms with Gasteiger partial charge in [0.25, 0.3) is 0 Å². The van der Waals surface area contributed by atoms with Crippen molar-refractivity contribution < 1.29 is 39.5 Å². The predicted octanol–water partition coefficient (Wildman–Crippen LogP) is 1.48. The zero-order valence-electron chi connectivity index (χ0n) is 16.3. The summed E-state index contributed by atoms with van der Waals surface area (Å²) in [7, 11) is 0. The molecule has 6 heteroatoms. The molecule has 2 aromatic carbocycles. The molecule has 0 aliphatic rings. The van der Waals surface area contributed by atoms with E-state index in [4.69, 9.17) is 9.97 Å². The zero-order valence-corrected chi connectivity index (χ0v) is 19.1. The monoisotopic (exact) mass is 402 g/mol. The Morgan fingerprint density at radius 2 is 1.54 bits per heavy atom. The number of benzene rings is 2. The number of aliphatic carboxylic acids is 1. The minimum atomic E-state index is -0.951. The van der Waals surface area contributed by atoms with Crippen LogP contribution in [0.4, 0.5) is 0 Å². The molecule has 0 spiro atoms. The van der Waals surface area contributed by atoms with Gasteiger partial charge in [-0.2, -0.15) is 0 Å². The van der Waals surface area contributed by atoms with Crippen LogP contribution in [0.2, 0.25) is 0 Å². The molecule has 0 aliphatic carbocycles. The summed E-state index contributed by atoms with van der Waals surface area (Å²) in [4.78, 5) is 19.9. The van der Waals surface area contributed by atoms with E-state index in [2.05, 4.69) is 18.2 Å². The van der Waals surface area contributed by atoms with Gasteiger partial charge in [-0.1, -0.05) is 79.6 Å². The van der Waals surface area contributed by atoms with Gasteiger partial charge in [-0.25, -0.2) is 9.97 Å². The van der Waals surface area contributed by atoms with E-state index in [0.29, 0.717) is 6.42 Å². The predicted molar refractivity (Wildman–Crippen MR) is 108 cm³/mol. The second kappa shape index (κ2) is 12.2. The number of fused-ring (bicyclic) bond motifs is 1. The maximum atomic E-state index is 10.4. The topological polar surface area (TPSA) is 65.9 Å². The van der Waals surface area contributed by atoms with Crippen molar-refractivity contribution >= 4 is 28.6 Å². The largest absolute Gasteiger partial charge is 1.00 e. The molecule has 28 heavy (non-hydrogen) atoms. The first kappa shape index (κ1) is 22.9. The molecule has 0 N–H and O–H groups in total. The first-order valence-corrected chi connectivity index (χ1v) is 10.4. The minimum absolute atomic E-state index is 0. The van der Waals surface area contributed by atoms with Crippen LogP contribution in [0.15, 0.2) is 59.8 Å². The molecule has 1 heterocycles. The molecule has 0 amide bonds. The third kappa shape index (κ3) is 6.89. The van der Waals surface area contributed by atoms with Crippen molar-refractivity contribution in [2.75, 3.05) is 5.75 Å². The summed E-state index contributed by atoms with van der Waals surface area (Å²) in [5.74, 6) is 0.0146. The van der Waals surface area contributed by atoms with Crippen LogP contribution in [0.3, 0.4) is 0 Å². The third-order valence-corrected chi connectivity index (χ3v) is 5.32. The van der Waals surface area contributed by atoms with E-state index in [-0.39, 0.29) is 36.0 Å². The van der Waals surface area contributed by atoms with Gasteiger partial charge in [0.1, 0.15) is 0 Å². The van der Waals surface area contributed by atoms with Gasteiger partial charge in [0.2, 0.25) is 0 Å². The molecule has 3 aromatic rings. The van der Waals surface area contributed by atoms with Crippen molar-refractivity contribution in [1.82, 2.24) is 9.97 Å². The van der Waals surface area contributed by atoms with Crippen LogP contribution < -0.4 is 34.7 Å². The van der Waals surface area contributed by atoms with Gasteiger partial charge in [-0.3, -0.25) is 0 Å². The number of para-hydroxylation sites is 1. The molecular weight excluding hydrogens is 379 g/mol. The van der Waals surface area contributed by atoms with Crippen LogP contribution in [-0.4, -0.2) is 21.7 Å². The number of hydrogen-bond donors (Lipinski definition) is 0. The molecule has 0 atom stereocenters. The fourth-order valence-corrected chi connectivity index (χ4v) is 3.85. The fourth-order valence-electron chi connectivity index (χ4n) is 3.00. The summed E-state index contributed by atoms with van der Waals surface area (Å²) < 4.78 is 0. The second-order valence-corrected chi connectivity index (χ2v) is 7.54. The number of carboxylic acids is 1. The maximum Gasteiger partial charge on any atom is 1.00 e. The third-order valence-electron chi connectivity index (χ3n) is 4.39. The number of carbonyl (C=O) groups excluding carboxylic acids is 1. The number of carbonyl (C=O) groups is 1. The summed E-state index contributed by atoms with van der Waals surface area (Å²) in [6.45, 7) is 0. The van der Waals surface area contributed by atoms with Crippen molar-refractivity contribution in [3.8, 4) is 11.3 Å². The van der Waals surface area contributed by atoms with Crippen LogP contribution in [0.25, 0.3) is 22.2 Å². The normalized spacial score (nSPS) is 10.6. The van der Waals surface area contributed by atoms with Crippen LogP contribution in [0, 0.1) is 0 Å². The van der Waals surface area contributed by atoms with Crippen molar-refractivity contribution in [2.24, 2.45) is 0 Å². The summed E-state index contributed by atoms with van der Waals surface area (Å²) in [5, 5.41) is 12.3. The summed E-state index contributed by atoms with van der Waals surface area (Å²) in [6.07, 6.45) is 5.06. The Morgan fingerprint density at radius 1 is 0.857 bits per heavy atom. The summed E-state index contributed by atoms with van der Waals surface area (Å²) >= 11 is 1.69. The summed E-state index contributed by atoms with van der Waals surface area (Å²) in [6, 6.07) is 18.3. The first-order chi connectivity index (χ1) is 13.2. The van der Waals surface area contributed by atoms with Gasteiger partial charge >= 0.3 is 29.6 Å². The molecule has 1 aromatic heterocycles. The molecule has 0 saturated carbocycles. The van der Waals surface area contributed by atoms with E-state index in [9.17, 15) is 9.90 Å². The van der Waals surface area contributed by atoms with E-state index in [0.717, 1.165) is 58.8 Å². The Balaban J connectivity index is 0.00000280. The van der Waals surface area contributed by atoms with E-state index in [1.54, 1.807) is 11.8 Å². The van der Waals surface area contributed by atoms with Crippen LogP contribution in [0.1, 0.15) is 38.5 Å². The molecule has 3 rings (SSSR count). The van der Waals surface area contributed by atoms with E-state index in [1.165, 1.54) is 0 Å². The van der Waals surface area contributed by atoms with E-state index < -0.39 is 5.97 Å². The van der Waals surface area contributed by atoms with Gasteiger partial charge < -0.3 is 9.90 Å². The quantitative estimate of drug-likeness (QED) is 0.222. The van der Waals surface area contributed by atoms with E-state index >= 15 is 0 Å². The molecule has 0 saturated heterocycles. The maximum absolute atomic E-state index is 10.4. The van der Waals surface area contributed by atoms with Gasteiger partial charge in [-0.05, 0) is 25.3 Å². The first-order valence-electron chi connectivity index (χ1n) is 9.39. The Morgan fingerprint density at radius 3 is 2.32 bits per heavy atom. The number of nitrogens with zero attached hydrogens (tertiary/aromatic N) is 2. The molecule has 4 nitrogen and oxygen atoms in total. The summed E-state index contributed by atoms with van der Waals surface area (Å²) in [5.41, 5.74) is 3.05. The van der Waals surface area contributed by atoms with Gasteiger partial charge in [0, 0.05) is 22.7 Å². The van der Waals surface area contributed by atoms with Gasteiger partial charge in [0.05, 0.1) is 11.2 Å². The Labute approximate surface area is 192 Å². The Kier molecular flexibility index (Phi) is 9.99. The SMILES string of the molecule is O=C([O-])CCCCCCCSc1nc(-c2ccccc2)c2ccccc2n1.[Na+]. The minimum Gasteiger partial charge on any atom is -0.550 e. The standard InChI is InChI=1S/C22H24N2O2S.Na/c25-20(26)15-7-2-1-3-10-16-27-22-23-19-14-9-8-13-18(19)21(24-22)17-11-5-4-6-12-17;/h4-6,8-9,11-14H,1-3,7,10,15-16H2,(H,25,26);/q;+1/p-1. The molecule has 0 bridgehead atoms. The smallest absolute Gasteiger partial charge is 0.550 e. The van der Waals surface area contributed by atoms with Crippen LogP contribution >= 0.6 is 11.8 Å². The zero-order chi connectivity index (χ0) is 18.9. The van der Waals surface area contributed by atoms with Crippen molar-refractivity contribution in [3.05, 3.63) is 54.6 Å². The van der Waals surface area contributed by atoms with Gasteiger partial charge in [0.15, 0.2) is 5.16 Å². The molecule has 0 aliphatic heterocycles. The van der Waals surface area contributed by atoms with E-state index in [1.807, 2.05) is 36.4 Å². The van der Waals surface area contributed by atoms with Gasteiger partial charge in [-0.15, -0.1) is 0 Å². The van der Waals surface area contributed by atoms with Crippen LogP contribution in [-0.2, 0) is 4.79 Å². The Bertz CT molecular complexity index is 890. The number of thioether (sulfide) groups is 1. The van der Waals surface area contributed by atoms with Crippen molar-refractivity contribution in [1.29, 1.82) is 0 Å². The number of carboxylic acid groups (broad SMARTS) is 1. The number of hydrogen-bond acceptors (Lipinski definition) is 5. The number of unbranched alkanes of at least 4 members (excludes halogenated alkanes) is 4. The number of aromatic nitrogens is 2. The van der Waals surface area contributed by atoms with Crippen molar-refractivity contribution in [3.63, 3.8) is 0 Å².